The number of carbonyl (C=O) groups is 1. The van der Waals surface area contributed by atoms with Crippen molar-refractivity contribution in [3.63, 3.8) is 0 Å². The molecular formula is C14H20O2S. The Hall–Kier alpha value is -0.670. The van der Waals surface area contributed by atoms with Gasteiger partial charge in [0.2, 0.25) is 0 Å². The Morgan fingerprint density at radius 1 is 1.29 bits per heavy atom. The van der Waals surface area contributed by atoms with Gasteiger partial charge in [0.1, 0.15) is 5.60 Å². The van der Waals surface area contributed by atoms with Gasteiger partial charge in [0, 0.05) is 18.1 Å². The number of hydrogen-bond donors (Lipinski definition) is 0. The molecule has 1 aliphatic carbocycles. The maximum atomic E-state index is 12.5. The maximum absolute atomic E-state index is 12.5. The zero-order chi connectivity index (χ0) is 12.5. The summed E-state index contributed by atoms with van der Waals surface area (Å²) < 4.78 is 5.61. The smallest absolute Gasteiger partial charge is 0.195 e. The van der Waals surface area contributed by atoms with Crippen LogP contribution in [0.2, 0.25) is 0 Å². The van der Waals surface area contributed by atoms with Crippen LogP contribution in [0.5, 0.6) is 0 Å². The van der Waals surface area contributed by atoms with Gasteiger partial charge in [0.25, 0.3) is 0 Å². The molecule has 1 heterocycles. The molecule has 0 aliphatic heterocycles. The number of ketones is 1. The third kappa shape index (κ3) is 2.45. The van der Waals surface area contributed by atoms with Crippen LogP contribution in [0.4, 0.5) is 0 Å². The highest BCUT2D eigenvalue weighted by Crippen LogP contribution is 2.43. The molecule has 3 heteroatoms. The molecule has 0 bridgehead atoms. The Morgan fingerprint density at radius 3 is 2.41 bits per heavy atom. The van der Waals surface area contributed by atoms with Gasteiger partial charge in [-0.05, 0) is 42.5 Å². The molecule has 1 aromatic rings. The molecule has 17 heavy (non-hydrogen) atoms. The third-order valence-electron chi connectivity index (χ3n) is 4.00. The van der Waals surface area contributed by atoms with E-state index in [-0.39, 0.29) is 5.78 Å². The molecule has 0 atom stereocenters. The highest BCUT2D eigenvalue weighted by atomic mass is 32.1. The van der Waals surface area contributed by atoms with Crippen molar-refractivity contribution >= 4 is 17.1 Å². The molecule has 0 amide bonds. The topological polar surface area (TPSA) is 26.3 Å². The molecule has 0 radical (unpaired) electrons. The number of rotatable bonds is 3. The van der Waals surface area contributed by atoms with Crippen LogP contribution in [0.15, 0.2) is 16.8 Å². The van der Waals surface area contributed by atoms with Crippen LogP contribution in [0.25, 0.3) is 0 Å². The van der Waals surface area contributed by atoms with Crippen LogP contribution in [0, 0.1) is 5.41 Å². The van der Waals surface area contributed by atoms with Crippen LogP contribution in [-0.2, 0) is 4.74 Å². The van der Waals surface area contributed by atoms with Crippen molar-refractivity contribution in [3.05, 3.63) is 22.4 Å². The molecule has 1 fully saturated rings. The molecule has 2 nitrogen and oxygen atoms in total. The van der Waals surface area contributed by atoms with Gasteiger partial charge in [-0.1, -0.05) is 13.8 Å². The summed E-state index contributed by atoms with van der Waals surface area (Å²) in [5.74, 6) is 0.164. The van der Waals surface area contributed by atoms with E-state index in [9.17, 15) is 4.79 Å². The standard InChI is InChI=1S/C14H20O2S/c1-13(2)5-7-14(16-3,8-6-13)12(15)11-4-9-17-10-11/h4,9-10H,5-8H2,1-3H3. The number of thiophene rings is 1. The summed E-state index contributed by atoms with van der Waals surface area (Å²) in [6.45, 7) is 4.53. The lowest BCUT2D eigenvalue weighted by Gasteiger charge is -2.41. The lowest BCUT2D eigenvalue weighted by atomic mass is 9.69. The van der Waals surface area contributed by atoms with Crippen molar-refractivity contribution in [1.29, 1.82) is 0 Å². The third-order valence-corrected chi connectivity index (χ3v) is 4.68. The van der Waals surface area contributed by atoms with Crippen LogP contribution in [0.1, 0.15) is 49.9 Å². The van der Waals surface area contributed by atoms with Crippen molar-refractivity contribution < 1.29 is 9.53 Å². The van der Waals surface area contributed by atoms with Gasteiger partial charge in [-0.25, -0.2) is 0 Å². The van der Waals surface area contributed by atoms with Crippen molar-refractivity contribution in [2.24, 2.45) is 5.41 Å². The van der Waals surface area contributed by atoms with E-state index in [1.54, 1.807) is 18.4 Å². The molecule has 0 unspecified atom stereocenters. The predicted octanol–water partition coefficient (Wildman–Crippen LogP) is 3.92. The number of ether oxygens (including phenoxy) is 1. The SMILES string of the molecule is COC1(C(=O)c2ccsc2)CCC(C)(C)CC1. The van der Waals surface area contributed by atoms with E-state index < -0.39 is 5.60 Å². The molecular weight excluding hydrogens is 232 g/mol. The van der Waals surface area contributed by atoms with Crippen LogP contribution in [0.3, 0.4) is 0 Å². The minimum Gasteiger partial charge on any atom is -0.370 e. The lowest BCUT2D eigenvalue weighted by Crippen LogP contribution is -2.45. The van der Waals surface area contributed by atoms with E-state index >= 15 is 0 Å². The maximum Gasteiger partial charge on any atom is 0.195 e. The van der Waals surface area contributed by atoms with E-state index in [0.29, 0.717) is 5.41 Å². The largest absolute Gasteiger partial charge is 0.370 e. The predicted molar refractivity (Wildman–Crippen MR) is 70.6 cm³/mol. The zero-order valence-corrected chi connectivity index (χ0v) is 11.6. The van der Waals surface area contributed by atoms with Gasteiger partial charge in [-0.3, -0.25) is 4.79 Å². The average Bonchev–Trinajstić information content (AvgIpc) is 2.82. The second-order valence-corrected chi connectivity index (χ2v) is 6.48. The minimum absolute atomic E-state index is 0.164. The van der Waals surface area contributed by atoms with E-state index in [4.69, 9.17) is 4.74 Å². The summed E-state index contributed by atoms with van der Waals surface area (Å²) in [6.07, 6.45) is 3.78. The molecule has 2 rings (SSSR count). The molecule has 0 spiro atoms. The fourth-order valence-corrected chi connectivity index (χ4v) is 3.15. The number of hydrogen-bond acceptors (Lipinski definition) is 3. The van der Waals surface area contributed by atoms with E-state index in [1.165, 1.54) is 0 Å². The normalized spacial score (nSPS) is 22.3. The number of carbonyl (C=O) groups excluding carboxylic acids is 1. The Balaban J connectivity index is 2.19. The molecule has 94 valence electrons. The van der Waals surface area contributed by atoms with Crippen molar-refractivity contribution in [1.82, 2.24) is 0 Å². The zero-order valence-electron chi connectivity index (χ0n) is 10.8. The summed E-state index contributed by atoms with van der Waals surface area (Å²) in [5, 5.41) is 3.87. The highest BCUT2D eigenvalue weighted by Gasteiger charge is 2.44. The van der Waals surface area contributed by atoms with Crippen LogP contribution in [-0.4, -0.2) is 18.5 Å². The van der Waals surface area contributed by atoms with Crippen molar-refractivity contribution in [2.75, 3.05) is 7.11 Å². The lowest BCUT2D eigenvalue weighted by molar-refractivity contribution is -0.0382. The first-order valence-electron chi connectivity index (χ1n) is 6.11. The quantitative estimate of drug-likeness (QED) is 0.762. The van der Waals surface area contributed by atoms with Gasteiger partial charge in [0.05, 0.1) is 0 Å². The first-order chi connectivity index (χ1) is 7.99. The van der Waals surface area contributed by atoms with Gasteiger partial charge in [0.15, 0.2) is 5.78 Å². The summed E-state index contributed by atoms with van der Waals surface area (Å²) >= 11 is 1.56. The van der Waals surface area contributed by atoms with E-state index in [2.05, 4.69) is 13.8 Å². The van der Waals surface area contributed by atoms with Gasteiger partial charge >= 0.3 is 0 Å². The molecule has 0 saturated heterocycles. The van der Waals surface area contributed by atoms with Gasteiger partial charge in [-0.15, -0.1) is 0 Å². The molecule has 0 aromatic carbocycles. The van der Waals surface area contributed by atoms with Crippen LogP contribution >= 0.6 is 11.3 Å². The first kappa shape index (κ1) is 12.8. The van der Waals surface area contributed by atoms with Crippen LogP contribution < -0.4 is 0 Å². The molecule has 0 N–H and O–H groups in total. The Labute approximate surface area is 107 Å². The van der Waals surface area contributed by atoms with Crippen molar-refractivity contribution in [2.45, 2.75) is 45.1 Å². The summed E-state index contributed by atoms with van der Waals surface area (Å²) in [6, 6.07) is 1.90. The summed E-state index contributed by atoms with van der Waals surface area (Å²) in [5.41, 5.74) is 0.574. The Kier molecular flexibility index (Phi) is 3.41. The summed E-state index contributed by atoms with van der Waals surface area (Å²) in [7, 11) is 1.67. The first-order valence-corrected chi connectivity index (χ1v) is 7.06. The molecule has 1 aromatic heterocycles. The summed E-state index contributed by atoms with van der Waals surface area (Å²) in [4.78, 5) is 12.5. The van der Waals surface area contributed by atoms with E-state index in [0.717, 1.165) is 31.2 Å². The second kappa shape index (κ2) is 4.54. The Bertz CT molecular complexity index is 382. The number of Topliss-reactive ketones (excluding diaryl/α,β-unsaturated/α-hetero) is 1. The number of methoxy groups -OCH3 is 1. The fraction of sp³-hybridized carbons (Fsp3) is 0.643. The van der Waals surface area contributed by atoms with Crippen molar-refractivity contribution in [3.8, 4) is 0 Å². The molecule has 1 saturated carbocycles. The highest BCUT2D eigenvalue weighted by molar-refractivity contribution is 7.08. The fourth-order valence-electron chi connectivity index (χ4n) is 2.51. The van der Waals surface area contributed by atoms with Gasteiger partial charge in [-0.2, -0.15) is 11.3 Å². The second-order valence-electron chi connectivity index (χ2n) is 5.70. The monoisotopic (exact) mass is 252 g/mol. The molecule has 1 aliphatic rings. The van der Waals surface area contributed by atoms with Gasteiger partial charge < -0.3 is 4.74 Å². The minimum atomic E-state index is -0.573. The Morgan fingerprint density at radius 2 is 1.94 bits per heavy atom. The average molecular weight is 252 g/mol. The van der Waals surface area contributed by atoms with E-state index in [1.807, 2.05) is 16.8 Å².